The van der Waals surface area contributed by atoms with Gasteiger partial charge in [0.2, 0.25) is 0 Å². The van der Waals surface area contributed by atoms with Crippen LogP contribution in [0.5, 0.6) is 0 Å². The van der Waals surface area contributed by atoms with Crippen molar-refractivity contribution in [1.29, 1.82) is 0 Å². The average Bonchev–Trinajstić information content (AvgIpc) is 3.69. The van der Waals surface area contributed by atoms with Crippen LogP contribution in [0, 0.1) is 0 Å². The monoisotopic (exact) mass is 720 g/mol. The van der Waals surface area contributed by atoms with Crippen molar-refractivity contribution in [2.45, 2.75) is 55.5 Å². The Hall–Kier alpha value is -3.05. The molecule has 5 rings (SSSR count). The summed E-state index contributed by atoms with van der Waals surface area (Å²) in [6, 6.07) is 2.99. The van der Waals surface area contributed by atoms with Gasteiger partial charge < -0.3 is 61.0 Å². The fraction of sp³-hybridized carbons (Fsp3) is 0.542. The number of aromatic nitrogens is 5. The molecule has 24 heteroatoms. The van der Waals surface area contributed by atoms with Crippen molar-refractivity contribution in [3.05, 3.63) is 42.7 Å². The number of aliphatic hydroxyl groups excluding tert-OH is 4. The third kappa shape index (κ3) is 8.04. The Morgan fingerprint density at radius 3 is 2.52 bits per heavy atom. The van der Waals surface area contributed by atoms with Gasteiger partial charge >= 0.3 is 7.82 Å². The van der Waals surface area contributed by atoms with Gasteiger partial charge in [0.05, 0.1) is 19.5 Å². The number of phosphoric acid groups is 2. The molecule has 0 saturated carbocycles. The molecular weight excluding hydrogens is 686 g/mol. The second-order valence-corrected chi connectivity index (χ2v) is 13.7. The Balaban J connectivity index is 1.14. The summed E-state index contributed by atoms with van der Waals surface area (Å²) in [5.74, 6) is -0.382. The molecule has 2 unspecified atom stereocenters. The Bertz CT molecular complexity index is 1700. The van der Waals surface area contributed by atoms with Gasteiger partial charge in [0, 0.05) is 12.6 Å². The Labute approximate surface area is 271 Å². The van der Waals surface area contributed by atoms with E-state index in [2.05, 4.69) is 29.1 Å². The maximum Gasteiger partial charge on any atom is 0.478 e. The lowest BCUT2D eigenvalue weighted by molar-refractivity contribution is -0.765. The van der Waals surface area contributed by atoms with E-state index in [0.29, 0.717) is 19.5 Å². The predicted octanol–water partition coefficient (Wildman–Crippen LogP) is -3.67. The zero-order valence-electron chi connectivity index (χ0n) is 24.8. The van der Waals surface area contributed by atoms with Crippen LogP contribution in [-0.2, 0) is 32.0 Å². The first-order chi connectivity index (χ1) is 22.7. The van der Waals surface area contributed by atoms with E-state index in [1.54, 1.807) is 0 Å². The summed E-state index contributed by atoms with van der Waals surface area (Å²) >= 11 is 0. The molecule has 264 valence electrons. The lowest BCUT2D eigenvalue weighted by Gasteiger charge is -2.26. The van der Waals surface area contributed by atoms with Gasteiger partial charge in [-0.25, -0.2) is 23.8 Å². The van der Waals surface area contributed by atoms with E-state index in [9.17, 15) is 44.1 Å². The molecule has 2 aliphatic rings. The predicted molar refractivity (Wildman–Crippen MR) is 155 cm³/mol. The number of nitrogens with zero attached hydrogens (tertiary/aromatic N) is 5. The number of phosphoric ester groups is 2. The molecule has 1 amide bonds. The molecule has 2 aliphatic heterocycles. The van der Waals surface area contributed by atoms with Crippen molar-refractivity contribution in [3.63, 3.8) is 0 Å². The molecule has 48 heavy (non-hydrogen) atoms. The second-order valence-electron chi connectivity index (χ2n) is 10.7. The lowest BCUT2D eigenvalue weighted by atomic mass is 10.1. The molecule has 2 saturated heterocycles. The number of anilines is 1. The van der Waals surface area contributed by atoms with Gasteiger partial charge in [0.25, 0.3) is 20.0 Å². The quantitative estimate of drug-likeness (QED) is 0.0452. The van der Waals surface area contributed by atoms with Crippen molar-refractivity contribution < 1.29 is 71.5 Å². The molecule has 0 radical (unpaired) electrons. The van der Waals surface area contributed by atoms with Crippen LogP contribution in [-0.4, -0.2) is 114 Å². The Kier molecular flexibility index (Phi) is 11.2. The summed E-state index contributed by atoms with van der Waals surface area (Å²) in [6.45, 7) is -1.16. The molecule has 3 aromatic heterocycles. The van der Waals surface area contributed by atoms with Crippen molar-refractivity contribution in [2.75, 3.05) is 32.0 Å². The van der Waals surface area contributed by atoms with Crippen LogP contribution < -0.4 is 26.2 Å². The van der Waals surface area contributed by atoms with E-state index in [4.69, 9.17) is 25.5 Å². The van der Waals surface area contributed by atoms with Gasteiger partial charge in [-0.1, -0.05) is 0 Å². The number of amides is 1. The number of hydrogen-bond acceptors (Lipinski definition) is 18. The largest absolute Gasteiger partial charge is 0.756 e. The normalized spacial score (nSPS) is 29.9. The molecule has 22 nitrogen and oxygen atoms in total. The van der Waals surface area contributed by atoms with E-state index in [-0.39, 0.29) is 22.5 Å². The summed E-state index contributed by atoms with van der Waals surface area (Å²) < 4.78 is 52.0. The van der Waals surface area contributed by atoms with Crippen LogP contribution in [0.25, 0.3) is 11.2 Å². The van der Waals surface area contributed by atoms with Crippen LogP contribution in [0.3, 0.4) is 0 Å². The maximum atomic E-state index is 12.5. The highest BCUT2D eigenvalue weighted by Crippen LogP contribution is 2.58. The van der Waals surface area contributed by atoms with E-state index in [1.165, 1.54) is 40.0 Å². The number of hydrogen-bond donors (Lipinski definition) is 8. The number of nitrogens with one attached hydrogen (secondary N) is 1. The highest BCUT2D eigenvalue weighted by atomic mass is 31.3. The lowest BCUT2D eigenvalue weighted by Crippen LogP contribution is -2.46. The Morgan fingerprint density at radius 2 is 1.77 bits per heavy atom. The summed E-state index contributed by atoms with van der Waals surface area (Å²) in [6.07, 6.45) is -6.34. The fourth-order valence-corrected chi connectivity index (χ4v) is 7.02. The SMILES string of the molecule is NCCCNC(=O)c1ccc[n+]([C@@H]2O[C@H](COP(=O)([O-])OP(=O)(O)OC[C@H]3O[C@@H](n4cnc5c(N)ncnc54)[C@H](O)[C@@H]3O)[C@@H](O)[C@H]2O)c1. The summed E-state index contributed by atoms with van der Waals surface area (Å²) in [7, 11) is -11.1. The first-order valence-electron chi connectivity index (χ1n) is 14.3. The van der Waals surface area contributed by atoms with Crippen LogP contribution in [0.1, 0.15) is 29.2 Å². The number of fused-ring (bicyclic) bond motifs is 1. The number of rotatable bonds is 14. The fourth-order valence-electron chi connectivity index (χ4n) is 4.96. The minimum absolute atomic E-state index is 0.0451. The molecule has 2 fully saturated rings. The van der Waals surface area contributed by atoms with Gasteiger partial charge in [-0.3, -0.25) is 18.5 Å². The number of imidazole rings is 1. The smallest absolute Gasteiger partial charge is 0.478 e. The summed E-state index contributed by atoms with van der Waals surface area (Å²) in [4.78, 5) is 46.7. The van der Waals surface area contributed by atoms with Gasteiger partial charge in [-0.2, -0.15) is 4.57 Å². The van der Waals surface area contributed by atoms with E-state index >= 15 is 0 Å². The molecule has 3 aromatic rings. The van der Waals surface area contributed by atoms with Gasteiger partial charge in [0.1, 0.15) is 47.9 Å². The number of aliphatic hydroxyl groups is 4. The second kappa shape index (κ2) is 14.8. The van der Waals surface area contributed by atoms with E-state index < -0.39 is 83.8 Å². The molecule has 5 heterocycles. The van der Waals surface area contributed by atoms with Gasteiger partial charge in [0.15, 0.2) is 36.2 Å². The molecule has 10 atom stereocenters. The van der Waals surface area contributed by atoms with E-state index in [1.807, 2.05) is 0 Å². The summed E-state index contributed by atoms with van der Waals surface area (Å²) in [5, 5.41) is 44.6. The third-order valence-corrected chi connectivity index (χ3v) is 9.95. The van der Waals surface area contributed by atoms with Crippen LogP contribution in [0.2, 0.25) is 0 Å². The number of pyridine rings is 1. The zero-order chi connectivity index (χ0) is 34.8. The van der Waals surface area contributed by atoms with Gasteiger partial charge in [-0.15, -0.1) is 0 Å². The summed E-state index contributed by atoms with van der Waals surface area (Å²) in [5.41, 5.74) is 11.7. The number of nitrogens with two attached hydrogens (primary N) is 2. The van der Waals surface area contributed by atoms with Crippen molar-refractivity contribution >= 4 is 38.5 Å². The number of carbonyl (C=O) groups is 1. The van der Waals surface area contributed by atoms with Gasteiger partial charge in [-0.05, 0) is 19.0 Å². The number of nitrogen functional groups attached to an aromatic ring is 1. The maximum absolute atomic E-state index is 12.5. The van der Waals surface area contributed by atoms with Crippen LogP contribution >= 0.6 is 15.6 Å². The molecule has 10 N–H and O–H groups in total. The first-order valence-corrected chi connectivity index (χ1v) is 17.3. The Morgan fingerprint density at radius 1 is 1.06 bits per heavy atom. The van der Waals surface area contributed by atoms with Crippen molar-refractivity contribution in [3.8, 4) is 0 Å². The molecule has 0 aromatic carbocycles. The van der Waals surface area contributed by atoms with Crippen molar-refractivity contribution in [1.82, 2.24) is 24.8 Å². The third-order valence-electron chi connectivity index (χ3n) is 7.38. The number of ether oxygens (including phenoxy) is 2. The standard InChI is InChI=1S/C24H34N8O14P2/c25-4-2-5-27-22(37)12-3-1-6-31(7-12)23-18(35)16(33)13(44-23)8-42-47(38,39)46-48(40,41)43-9-14-17(34)19(36)24(45-14)32-11-30-15-20(26)28-10-29-21(15)32/h1,3,6-7,10-11,13-14,16-19,23-24,33-36H,2,4-5,8-9,25H2,(H4-,26,27,28,29,37,38,39,40,41)/t13-,14-,16-,17-,18-,19-,23-,24-/m1/s1. The highest BCUT2D eigenvalue weighted by molar-refractivity contribution is 7.60. The molecular formula is C24H34N8O14P2. The minimum atomic E-state index is -5.63. The van der Waals surface area contributed by atoms with Crippen LogP contribution in [0.15, 0.2) is 37.2 Å². The number of carbonyl (C=O) groups excluding carboxylic acids is 1. The molecule has 0 aliphatic carbocycles. The topological polar surface area (TPSA) is 333 Å². The average molecular weight is 721 g/mol. The minimum Gasteiger partial charge on any atom is -0.756 e. The van der Waals surface area contributed by atoms with Crippen LogP contribution in [0.4, 0.5) is 5.82 Å². The highest BCUT2D eigenvalue weighted by Gasteiger charge is 2.49. The van der Waals surface area contributed by atoms with E-state index in [0.717, 1.165) is 6.33 Å². The molecule has 0 spiro atoms. The first kappa shape index (κ1) is 36.2. The van der Waals surface area contributed by atoms with Crippen molar-refractivity contribution in [2.24, 2.45) is 5.73 Å². The zero-order valence-corrected chi connectivity index (χ0v) is 26.6. The molecule has 0 bridgehead atoms.